The lowest BCUT2D eigenvalue weighted by Crippen LogP contribution is -2.11. The molecule has 0 fully saturated rings. The molecule has 4 heteroatoms. The maximum atomic E-state index is 12.8. The molecule has 0 aliphatic heterocycles. The Bertz CT molecular complexity index is 1060. The maximum Gasteiger partial charge on any atom is 0.335 e. The van der Waals surface area contributed by atoms with Gasteiger partial charge in [-0.1, -0.05) is 44.2 Å². The SMILES string of the molecule is CCc1ccccc1/C=C/c1oc2ccc(C(=O)O)cc2c(=O)c1CC. The monoisotopic (exact) mass is 348 g/mol. The Balaban J connectivity index is 2.14. The van der Waals surface area contributed by atoms with Crippen molar-refractivity contribution >= 4 is 29.1 Å². The summed E-state index contributed by atoms with van der Waals surface area (Å²) in [5, 5.41) is 9.43. The molecule has 0 spiro atoms. The minimum Gasteiger partial charge on any atom is -0.478 e. The van der Waals surface area contributed by atoms with Crippen molar-refractivity contribution in [3.8, 4) is 0 Å². The first kappa shape index (κ1) is 17.7. The second-order valence-corrected chi connectivity index (χ2v) is 6.03. The fourth-order valence-electron chi connectivity index (χ4n) is 3.04. The highest BCUT2D eigenvalue weighted by Crippen LogP contribution is 2.21. The standard InChI is InChI=1S/C22H20O4/c1-3-14-7-5-6-8-15(14)9-11-19-17(4-2)21(23)18-13-16(22(24)25)10-12-20(18)26-19/h5-13H,3-4H2,1-2H3,(H,24,25)/b11-9+. The van der Waals surface area contributed by atoms with Gasteiger partial charge in [0.1, 0.15) is 11.3 Å². The van der Waals surface area contributed by atoms with E-state index in [4.69, 9.17) is 9.52 Å². The van der Waals surface area contributed by atoms with E-state index in [9.17, 15) is 9.59 Å². The smallest absolute Gasteiger partial charge is 0.335 e. The van der Waals surface area contributed by atoms with Crippen LogP contribution in [0, 0.1) is 0 Å². The summed E-state index contributed by atoms with van der Waals surface area (Å²) in [5.41, 5.74) is 3.13. The number of aromatic carboxylic acids is 1. The zero-order valence-electron chi connectivity index (χ0n) is 14.8. The van der Waals surface area contributed by atoms with Crippen LogP contribution in [0.4, 0.5) is 0 Å². The second-order valence-electron chi connectivity index (χ2n) is 6.03. The van der Waals surface area contributed by atoms with E-state index in [0.717, 1.165) is 12.0 Å². The summed E-state index contributed by atoms with van der Waals surface area (Å²) in [7, 11) is 0. The van der Waals surface area contributed by atoms with Gasteiger partial charge < -0.3 is 9.52 Å². The number of carboxylic acids is 1. The average molecular weight is 348 g/mol. The van der Waals surface area contributed by atoms with Crippen molar-refractivity contribution in [1.82, 2.24) is 0 Å². The summed E-state index contributed by atoms with van der Waals surface area (Å²) in [6.07, 6.45) is 5.19. The van der Waals surface area contributed by atoms with E-state index in [1.165, 1.54) is 23.8 Å². The lowest BCUT2D eigenvalue weighted by molar-refractivity contribution is 0.0697. The van der Waals surface area contributed by atoms with Crippen molar-refractivity contribution in [3.05, 3.63) is 80.7 Å². The normalized spacial score (nSPS) is 11.3. The van der Waals surface area contributed by atoms with Crippen LogP contribution in [0.5, 0.6) is 0 Å². The first-order valence-electron chi connectivity index (χ1n) is 8.64. The van der Waals surface area contributed by atoms with Gasteiger partial charge in [-0.3, -0.25) is 4.79 Å². The van der Waals surface area contributed by atoms with Gasteiger partial charge in [0.15, 0.2) is 5.43 Å². The Morgan fingerprint density at radius 3 is 2.54 bits per heavy atom. The van der Waals surface area contributed by atoms with Gasteiger partial charge in [-0.15, -0.1) is 0 Å². The van der Waals surface area contributed by atoms with Crippen LogP contribution in [0.25, 0.3) is 23.1 Å². The fraction of sp³-hybridized carbons (Fsp3) is 0.182. The van der Waals surface area contributed by atoms with Crippen molar-refractivity contribution in [1.29, 1.82) is 0 Å². The lowest BCUT2D eigenvalue weighted by atomic mass is 10.0. The van der Waals surface area contributed by atoms with E-state index in [2.05, 4.69) is 13.0 Å². The van der Waals surface area contributed by atoms with Crippen LogP contribution in [0.3, 0.4) is 0 Å². The zero-order valence-corrected chi connectivity index (χ0v) is 14.8. The number of rotatable bonds is 5. The molecule has 4 nitrogen and oxygen atoms in total. The molecular formula is C22H20O4. The van der Waals surface area contributed by atoms with Crippen LogP contribution in [-0.4, -0.2) is 11.1 Å². The summed E-state index contributed by atoms with van der Waals surface area (Å²) in [6.45, 7) is 3.98. The minimum atomic E-state index is -1.07. The molecule has 3 rings (SSSR count). The van der Waals surface area contributed by atoms with Gasteiger partial charge in [0, 0.05) is 5.56 Å². The largest absolute Gasteiger partial charge is 0.478 e. The molecule has 0 aliphatic rings. The summed E-state index contributed by atoms with van der Waals surface area (Å²) < 4.78 is 5.91. The topological polar surface area (TPSA) is 67.5 Å². The minimum absolute atomic E-state index is 0.0759. The van der Waals surface area contributed by atoms with Crippen LogP contribution < -0.4 is 5.43 Å². The van der Waals surface area contributed by atoms with Crippen LogP contribution in [-0.2, 0) is 12.8 Å². The molecule has 0 radical (unpaired) electrons. The number of carboxylic acid groups (broad SMARTS) is 1. The first-order valence-corrected chi connectivity index (χ1v) is 8.64. The van der Waals surface area contributed by atoms with E-state index in [-0.39, 0.29) is 11.0 Å². The molecule has 0 aliphatic carbocycles. The molecule has 26 heavy (non-hydrogen) atoms. The predicted octanol–water partition coefficient (Wildman–Crippen LogP) is 4.79. The highest BCUT2D eigenvalue weighted by Gasteiger charge is 2.13. The molecule has 0 saturated carbocycles. The number of hydrogen-bond acceptors (Lipinski definition) is 3. The van der Waals surface area contributed by atoms with Gasteiger partial charge in [0.25, 0.3) is 0 Å². The van der Waals surface area contributed by atoms with Crippen molar-refractivity contribution in [2.75, 3.05) is 0 Å². The summed E-state index contributed by atoms with van der Waals surface area (Å²) in [4.78, 5) is 24.0. The molecule has 0 bridgehead atoms. The Morgan fingerprint density at radius 2 is 1.85 bits per heavy atom. The Morgan fingerprint density at radius 1 is 1.08 bits per heavy atom. The van der Waals surface area contributed by atoms with Crippen LogP contribution >= 0.6 is 0 Å². The van der Waals surface area contributed by atoms with E-state index in [1.54, 1.807) is 0 Å². The lowest BCUT2D eigenvalue weighted by Gasteiger charge is -2.07. The third kappa shape index (κ3) is 3.31. The molecule has 1 heterocycles. The summed E-state index contributed by atoms with van der Waals surface area (Å²) in [5.74, 6) is -0.552. The van der Waals surface area contributed by atoms with Gasteiger partial charge in [0.2, 0.25) is 0 Å². The van der Waals surface area contributed by atoms with Crippen LogP contribution in [0.2, 0.25) is 0 Å². The Labute approximate surface area is 151 Å². The quantitative estimate of drug-likeness (QED) is 0.720. The van der Waals surface area contributed by atoms with E-state index in [0.29, 0.717) is 28.7 Å². The summed E-state index contributed by atoms with van der Waals surface area (Å²) >= 11 is 0. The Hall–Kier alpha value is -3.14. The van der Waals surface area contributed by atoms with Crippen molar-refractivity contribution in [2.45, 2.75) is 26.7 Å². The van der Waals surface area contributed by atoms with E-state index >= 15 is 0 Å². The Kier molecular flexibility index (Phi) is 5.03. The second kappa shape index (κ2) is 7.40. The van der Waals surface area contributed by atoms with Crippen molar-refractivity contribution < 1.29 is 14.3 Å². The van der Waals surface area contributed by atoms with E-state index < -0.39 is 5.97 Å². The van der Waals surface area contributed by atoms with E-state index in [1.807, 2.05) is 37.3 Å². The van der Waals surface area contributed by atoms with Gasteiger partial charge >= 0.3 is 5.97 Å². The molecule has 2 aromatic carbocycles. The third-order valence-corrected chi connectivity index (χ3v) is 4.47. The molecule has 0 amide bonds. The van der Waals surface area contributed by atoms with Crippen molar-refractivity contribution in [3.63, 3.8) is 0 Å². The fourth-order valence-corrected chi connectivity index (χ4v) is 3.04. The third-order valence-electron chi connectivity index (χ3n) is 4.47. The van der Waals surface area contributed by atoms with Gasteiger partial charge in [0.05, 0.1) is 10.9 Å². The number of benzene rings is 2. The highest BCUT2D eigenvalue weighted by molar-refractivity contribution is 5.93. The highest BCUT2D eigenvalue weighted by atomic mass is 16.4. The average Bonchev–Trinajstić information content (AvgIpc) is 2.66. The number of carbonyl (C=O) groups is 1. The number of hydrogen-bond donors (Lipinski definition) is 1. The van der Waals surface area contributed by atoms with Gasteiger partial charge in [-0.2, -0.15) is 0 Å². The van der Waals surface area contributed by atoms with Crippen LogP contribution in [0.15, 0.2) is 51.7 Å². The molecule has 0 saturated heterocycles. The molecule has 0 unspecified atom stereocenters. The molecule has 3 aromatic rings. The number of fused-ring (bicyclic) bond motifs is 1. The summed E-state index contributed by atoms with van der Waals surface area (Å²) in [6, 6.07) is 12.4. The molecule has 1 aromatic heterocycles. The molecule has 132 valence electrons. The first-order chi connectivity index (χ1) is 12.5. The molecular weight excluding hydrogens is 328 g/mol. The predicted molar refractivity (Wildman–Crippen MR) is 104 cm³/mol. The van der Waals surface area contributed by atoms with Crippen molar-refractivity contribution in [2.24, 2.45) is 0 Å². The van der Waals surface area contributed by atoms with Gasteiger partial charge in [-0.25, -0.2) is 4.79 Å². The van der Waals surface area contributed by atoms with Gasteiger partial charge in [-0.05, 0) is 48.2 Å². The maximum absolute atomic E-state index is 12.8. The number of aryl methyl sites for hydroxylation is 1. The molecule has 0 atom stereocenters. The van der Waals surface area contributed by atoms with Crippen LogP contribution in [0.1, 0.15) is 46.7 Å². The zero-order chi connectivity index (χ0) is 18.7. The molecule has 1 N–H and O–H groups in total.